The number of nitrogens with zero attached hydrogens (tertiary/aromatic N) is 2. The lowest BCUT2D eigenvalue weighted by molar-refractivity contribution is -0.127. The van der Waals surface area contributed by atoms with Crippen molar-refractivity contribution in [2.75, 3.05) is 25.9 Å². The van der Waals surface area contributed by atoms with Crippen LogP contribution >= 0.6 is 11.8 Å². The molecule has 1 fully saturated rings. The highest BCUT2D eigenvalue weighted by atomic mass is 32.2. The molecule has 1 aromatic heterocycles. The number of benzene rings is 2. The number of thioether (sulfide) groups is 1. The summed E-state index contributed by atoms with van der Waals surface area (Å²) in [5, 5.41) is 1.05. The molecule has 4 rings (SSSR count). The molecule has 0 radical (unpaired) electrons. The average molecular weight is 437 g/mol. The van der Waals surface area contributed by atoms with Crippen molar-refractivity contribution in [2.45, 2.75) is 37.6 Å². The molecule has 162 valence electrons. The molecule has 3 aromatic rings. The predicted molar refractivity (Wildman–Crippen MR) is 124 cm³/mol. The maximum Gasteiger partial charge on any atom is 0.255 e. The van der Waals surface area contributed by atoms with Crippen molar-refractivity contribution in [2.24, 2.45) is 0 Å². The Bertz CT molecular complexity index is 1090. The maximum absolute atomic E-state index is 13.3. The number of rotatable bonds is 7. The Labute approximate surface area is 187 Å². The first-order valence-electron chi connectivity index (χ1n) is 10.8. The van der Waals surface area contributed by atoms with Crippen molar-refractivity contribution in [1.82, 2.24) is 9.80 Å². The van der Waals surface area contributed by atoms with Gasteiger partial charge in [-0.1, -0.05) is 37.3 Å². The number of hydrogen-bond donors (Lipinski definition) is 0. The van der Waals surface area contributed by atoms with Crippen LogP contribution in [0.4, 0.5) is 0 Å². The van der Waals surface area contributed by atoms with E-state index in [1.165, 1.54) is 11.8 Å². The van der Waals surface area contributed by atoms with Gasteiger partial charge in [0.1, 0.15) is 11.3 Å². The van der Waals surface area contributed by atoms with E-state index in [1.807, 2.05) is 60.5 Å². The second-order valence-corrected chi connectivity index (χ2v) is 8.90. The molecule has 1 saturated heterocycles. The lowest BCUT2D eigenvalue weighted by Crippen LogP contribution is -2.29. The Hall–Kier alpha value is -2.73. The molecule has 0 atom stereocenters. The largest absolute Gasteiger partial charge is 0.461 e. The number of fused-ring (bicyclic) bond motifs is 1. The third-order valence-electron chi connectivity index (χ3n) is 5.77. The van der Waals surface area contributed by atoms with Gasteiger partial charge in [-0.25, -0.2) is 0 Å². The highest BCUT2D eigenvalue weighted by Crippen LogP contribution is 2.29. The molecule has 1 aliphatic rings. The minimum Gasteiger partial charge on any atom is -0.461 e. The normalized spacial score (nSPS) is 13.7. The molecule has 2 amide bonds. The van der Waals surface area contributed by atoms with Crippen LogP contribution in [0.2, 0.25) is 0 Å². The summed E-state index contributed by atoms with van der Waals surface area (Å²) in [7, 11) is 1.82. The van der Waals surface area contributed by atoms with Crippen molar-refractivity contribution in [1.29, 1.82) is 0 Å². The molecule has 2 aromatic carbocycles. The molecular formula is C25H28N2O3S. The lowest BCUT2D eigenvalue weighted by Gasteiger charge is -2.20. The first kappa shape index (κ1) is 21.5. The second kappa shape index (κ2) is 9.60. The van der Waals surface area contributed by atoms with Crippen molar-refractivity contribution >= 4 is 34.5 Å². The smallest absolute Gasteiger partial charge is 0.255 e. The van der Waals surface area contributed by atoms with E-state index in [1.54, 1.807) is 4.90 Å². The summed E-state index contributed by atoms with van der Waals surface area (Å²) in [6.07, 6.45) is 2.94. The molecule has 0 N–H and O–H groups in total. The number of aryl methyl sites for hydroxylation is 1. The van der Waals surface area contributed by atoms with Crippen LogP contribution in [0.25, 0.3) is 11.0 Å². The zero-order valence-electron chi connectivity index (χ0n) is 18.1. The van der Waals surface area contributed by atoms with E-state index < -0.39 is 0 Å². The fourth-order valence-electron chi connectivity index (χ4n) is 4.09. The van der Waals surface area contributed by atoms with Gasteiger partial charge < -0.3 is 14.2 Å². The van der Waals surface area contributed by atoms with Gasteiger partial charge in [0.15, 0.2) is 0 Å². The summed E-state index contributed by atoms with van der Waals surface area (Å²) in [6.45, 7) is 4.24. The van der Waals surface area contributed by atoms with Crippen molar-refractivity contribution in [3.05, 3.63) is 65.4 Å². The molecule has 0 spiro atoms. The molecule has 31 heavy (non-hydrogen) atoms. The van der Waals surface area contributed by atoms with Gasteiger partial charge in [-0.3, -0.25) is 9.59 Å². The highest BCUT2D eigenvalue weighted by Gasteiger charge is 2.22. The van der Waals surface area contributed by atoms with E-state index in [-0.39, 0.29) is 11.8 Å². The van der Waals surface area contributed by atoms with Gasteiger partial charge in [-0.05, 0) is 31.0 Å². The van der Waals surface area contributed by atoms with Gasteiger partial charge in [0, 0.05) is 48.9 Å². The lowest BCUT2D eigenvalue weighted by atomic mass is 10.1. The zero-order valence-corrected chi connectivity index (χ0v) is 18.9. The van der Waals surface area contributed by atoms with Gasteiger partial charge in [-0.15, -0.1) is 11.8 Å². The van der Waals surface area contributed by atoms with E-state index in [0.29, 0.717) is 17.9 Å². The summed E-state index contributed by atoms with van der Waals surface area (Å²) >= 11 is 1.45. The van der Waals surface area contributed by atoms with Crippen LogP contribution < -0.4 is 0 Å². The Balaban J connectivity index is 1.50. The van der Waals surface area contributed by atoms with Crippen molar-refractivity contribution in [3.8, 4) is 0 Å². The van der Waals surface area contributed by atoms with Crippen LogP contribution in [-0.4, -0.2) is 47.5 Å². The van der Waals surface area contributed by atoms with Crippen LogP contribution in [0, 0.1) is 0 Å². The number of carbonyl (C=O) groups excluding carboxylic acids is 2. The Morgan fingerprint density at radius 3 is 2.55 bits per heavy atom. The van der Waals surface area contributed by atoms with Crippen LogP contribution in [0.5, 0.6) is 0 Å². The third-order valence-corrected chi connectivity index (χ3v) is 6.83. The van der Waals surface area contributed by atoms with Crippen LogP contribution in [-0.2, 0) is 17.8 Å². The van der Waals surface area contributed by atoms with Gasteiger partial charge in [0.2, 0.25) is 5.91 Å². The van der Waals surface area contributed by atoms with Crippen LogP contribution in [0.1, 0.15) is 41.4 Å². The van der Waals surface area contributed by atoms with Gasteiger partial charge >= 0.3 is 0 Å². The molecule has 6 heteroatoms. The van der Waals surface area contributed by atoms with E-state index in [2.05, 4.69) is 6.92 Å². The monoisotopic (exact) mass is 436 g/mol. The number of amides is 2. The first-order valence-corrected chi connectivity index (χ1v) is 11.8. The number of carbonyl (C=O) groups is 2. The molecule has 0 saturated carbocycles. The van der Waals surface area contributed by atoms with E-state index in [0.717, 1.165) is 59.5 Å². The molecule has 2 heterocycles. The van der Waals surface area contributed by atoms with E-state index in [4.69, 9.17) is 4.42 Å². The van der Waals surface area contributed by atoms with Crippen LogP contribution in [0.3, 0.4) is 0 Å². The SMILES string of the molecule is CCc1oc2ccccc2c1CN(C)C(=O)c1ccccc1SCC(=O)N1CCCC1. The fourth-order valence-corrected chi connectivity index (χ4v) is 5.04. The molecule has 5 nitrogen and oxygen atoms in total. The summed E-state index contributed by atoms with van der Waals surface area (Å²) in [5.41, 5.74) is 2.55. The Morgan fingerprint density at radius 1 is 1.06 bits per heavy atom. The number of furan rings is 1. The molecular weight excluding hydrogens is 408 g/mol. The van der Waals surface area contributed by atoms with Gasteiger partial charge in [0.25, 0.3) is 5.91 Å². The highest BCUT2D eigenvalue weighted by molar-refractivity contribution is 8.00. The zero-order chi connectivity index (χ0) is 21.8. The second-order valence-electron chi connectivity index (χ2n) is 7.89. The topological polar surface area (TPSA) is 53.8 Å². The average Bonchev–Trinajstić information content (AvgIpc) is 3.46. The number of hydrogen-bond acceptors (Lipinski definition) is 4. The van der Waals surface area contributed by atoms with Gasteiger partial charge in [0.05, 0.1) is 11.3 Å². The summed E-state index contributed by atoms with van der Waals surface area (Å²) in [6, 6.07) is 15.5. The standard InChI is InChI=1S/C25H28N2O3S/c1-3-21-20(18-10-4-6-12-22(18)30-21)16-26(2)25(29)19-11-5-7-13-23(19)31-17-24(28)27-14-8-9-15-27/h4-7,10-13H,3,8-9,14-17H2,1-2H3. The summed E-state index contributed by atoms with van der Waals surface area (Å²) < 4.78 is 5.99. The molecule has 0 bridgehead atoms. The molecule has 1 aliphatic heterocycles. The number of para-hydroxylation sites is 1. The minimum absolute atomic E-state index is 0.0518. The maximum atomic E-state index is 13.3. The summed E-state index contributed by atoms with van der Waals surface area (Å²) in [5.74, 6) is 1.37. The van der Waals surface area contributed by atoms with E-state index >= 15 is 0 Å². The Morgan fingerprint density at radius 2 is 1.77 bits per heavy atom. The molecule has 0 aliphatic carbocycles. The quantitative estimate of drug-likeness (QED) is 0.490. The predicted octanol–water partition coefficient (Wildman–Crippen LogP) is 4.98. The van der Waals surface area contributed by atoms with Crippen molar-refractivity contribution < 1.29 is 14.0 Å². The minimum atomic E-state index is -0.0518. The molecule has 0 unspecified atom stereocenters. The summed E-state index contributed by atoms with van der Waals surface area (Å²) in [4.78, 5) is 30.3. The van der Waals surface area contributed by atoms with E-state index in [9.17, 15) is 9.59 Å². The Kier molecular flexibility index (Phi) is 6.66. The number of likely N-dealkylation sites (tertiary alicyclic amines) is 1. The van der Waals surface area contributed by atoms with Crippen LogP contribution in [0.15, 0.2) is 57.8 Å². The van der Waals surface area contributed by atoms with Gasteiger partial charge in [-0.2, -0.15) is 0 Å². The first-order chi connectivity index (χ1) is 15.1. The third kappa shape index (κ3) is 4.64. The fraction of sp³-hybridized carbons (Fsp3) is 0.360. The van der Waals surface area contributed by atoms with Crippen molar-refractivity contribution in [3.63, 3.8) is 0 Å².